The number of ether oxygens (including phenoxy) is 1. The first kappa shape index (κ1) is 18.7. The minimum atomic E-state index is -0.162. The zero-order valence-electron chi connectivity index (χ0n) is 15.6. The number of benzene rings is 1. The van der Waals surface area contributed by atoms with Gasteiger partial charge in [-0.05, 0) is 43.7 Å². The van der Waals surface area contributed by atoms with Crippen molar-refractivity contribution in [1.82, 2.24) is 19.5 Å². The van der Waals surface area contributed by atoms with Crippen LogP contribution in [0.4, 0.5) is 0 Å². The highest BCUT2D eigenvalue weighted by Gasteiger charge is 2.10. The van der Waals surface area contributed by atoms with Crippen molar-refractivity contribution in [3.05, 3.63) is 53.1 Å². The number of amides is 1. The number of hydrogen-bond acceptors (Lipinski definition) is 4. The smallest absolute Gasteiger partial charge is 0.276 e. The van der Waals surface area contributed by atoms with Gasteiger partial charge in [0.1, 0.15) is 11.3 Å². The lowest BCUT2D eigenvalue weighted by molar-refractivity contribution is -0.121. The topological polar surface area (TPSA) is 77.6 Å². The molecule has 2 heterocycles. The third-order valence-corrected chi connectivity index (χ3v) is 4.22. The van der Waals surface area contributed by atoms with Gasteiger partial charge in [-0.1, -0.05) is 6.92 Å². The average molecular weight is 368 g/mol. The number of carbonyl (C=O) groups is 1. The van der Waals surface area contributed by atoms with Crippen molar-refractivity contribution < 1.29 is 9.53 Å². The van der Waals surface area contributed by atoms with Crippen molar-refractivity contribution in [3.8, 4) is 17.0 Å². The molecule has 0 unspecified atom stereocenters. The van der Waals surface area contributed by atoms with Crippen LogP contribution in [0.2, 0.25) is 0 Å². The van der Waals surface area contributed by atoms with Gasteiger partial charge >= 0.3 is 0 Å². The van der Waals surface area contributed by atoms with Crippen molar-refractivity contribution in [2.24, 2.45) is 0 Å². The van der Waals surface area contributed by atoms with Gasteiger partial charge in [0.2, 0.25) is 5.91 Å². The van der Waals surface area contributed by atoms with Gasteiger partial charge in [-0.25, -0.2) is 4.52 Å². The predicted octanol–water partition coefficient (Wildman–Crippen LogP) is 2.48. The van der Waals surface area contributed by atoms with E-state index in [4.69, 9.17) is 4.74 Å². The molecular formula is C20H24N4O3. The van der Waals surface area contributed by atoms with Crippen LogP contribution in [0.3, 0.4) is 0 Å². The molecule has 0 spiro atoms. The Bertz CT molecular complexity index is 973. The van der Waals surface area contributed by atoms with E-state index in [2.05, 4.69) is 10.4 Å². The predicted molar refractivity (Wildman–Crippen MR) is 104 cm³/mol. The molecule has 142 valence electrons. The summed E-state index contributed by atoms with van der Waals surface area (Å²) in [6, 6.07) is 9.38. The van der Waals surface area contributed by atoms with Gasteiger partial charge in [0, 0.05) is 37.5 Å². The second-order valence-electron chi connectivity index (χ2n) is 6.21. The minimum absolute atomic E-state index is 0.0489. The third kappa shape index (κ3) is 4.36. The van der Waals surface area contributed by atoms with Crippen molar-refractivity contribution in [2.75, 3.05) is 13.2 Å². The van der Waals surface area contributed by atoms with E-state index in [1.165, 1.54) is 0 Å². The molecule has 1 aromatic carbocycles. The van der Waals surface area contributed by atoms with E-state index in [-0.39, 0.29) is 17.9 Å². The molecule has 0 bridgehead atoms. The van der Waals surface area contributed by atoms with E-state index < -0.39 is 0 Å². The molecule has 0 saturated heterocycles. The highest BCUT2D eigenvalue weighted by molar-refractivity contribution is 5.75. The summed E-state index contributed by atoms with van der Waals surface area (Å²) in [7, 11) is 0. The van der Waals surface area contributed by atoms with E-state index in [0.717, 1.165) is 17.7 Å². The summed E-state index contributed by atoms with van der Waals surface area (Å²) in [5.41, 5.74) is 1.95. The Morgan fingerprint density at radius 1 is 1.19 bits per heavy atom. The number of rotatable bonds is 8. The van der Waals surface area contributed by atoms with Crippen molar-refractivity contribution >= 4 is 11.4 Å². The number of nitrogens with one attached hydrogen (secondary N) is 1. The normalized spacial score (nSPS) is 10.9. The highest BCUT2D eigenvalue weighted by atomic mass is 16.5. The molecule has 0 radical (unpaired) electrons. The quantitative estimate of drug-likeness (QED) is 0.663. The molecule has 2 aromatic heterocycles. The molecule has 0 saturated carbocycles. The maximum atomic E-state index is 12.7. The Hall–Kier alpha value is -3.09. The monoisotopic (exact) mass is 368 g/mol. The molecule has 0 fully saturated rings. The molecule has 0 aliphatic heterocycles. The van der Waals surface area contributed by atoms with Crippen LogP contribution in [0.1, 0.15) is 26.7 Å². The summed E-state index contributed by atoms with van der Waals surface area (Å²) < 4.78 is 8.57. The van der Waals surface area contributed by atoms with E-state index in [1.54, 1.807) is 27.5 Å². The molecule has 3 aromatic rings. The van der Waals surface area contributed by atoms with Gasteiger partial charge in [-0.15, -0.1) is 0 Å². The molecule has 7 heteroatoms. The molecule has 3 rings (SSSR count). The summed E-state index contributed by atoms with van der Waals surface area (Å²) in [4.78, 5) is 24.4. The van der Waals surface area contributed by atoms with Crippen molar-refractivity contribution in [1.29, 1.82) is 0 Å². The largest absolute Gasteiger partial charge is 0.494 e. The second-order valence-corrected chi connectivity index (χ2v) is 6.21. The van der Waals surface area contributed by atoms with Crippen LogP contribution in [0, 0.1) is 0 Å². The number of carbonyl (C=O) groups excluding carboxylic acids is 1. The fraction of sp³-hybridized carbons (Fsp3) is 0.350. The maximum Gasteiger partial charge on any atom is 0.276 e. The second kappa shape index (κ2) is 8.53. The molecule has 0 aliphatic rings. The van der Waals surface area contributed by atoms with Crippen LogP contribution in [-0.4, -0.2) is 33.2 Å². The minimum Gasteiger partial charge on any atom is -0.494 e. The molecular weight excluding hydrogens is 344 g/mol. The third-order valence-electron chi connectivity index (χ3n) is 4.22. The van der Waals surface area contributed by atoms with E-state index in [0.29, 0.717) is 30.9 Å². The lowest BCUT2D eigenvalue weighted by Gasteiger charge is -2.06. The molecule has 1 N–H and O–H groups in total. The van der Waals surface area contributed by atoms with Gasteiger partial charge in [0.15, 0.2) is 0 Å². The number of hydrogen-bond donors (Lipinski definition) is 1. The van der Waals surface area contributed by atoms with Crippen LogP contribution >= 0.6 is 0 Å². The Kier molecular flexibility index (Phi) is 5.90. The number of aromatic nitrogens is 3. The van der Waals surface area contributed by atoms with Gasteiger partial charge < -0.3 is 14.6 Å². The van der Waals surface area contributed by atoms with E-state index in [9.17, 15) is 9.59 Å². The number of aryl methyl sites for hydroxylation is 1. The zero-order valence-corrected chi connectivity index (χ0v) is 15.6. The molecule has 27 heavy (non-hydrogen) atoms. The average Bonchev–Trinajstić information content (AvgIpc) is 3.12. The molecule has 7 nitrogen and oxygen atoms in total. The lowest BCUT2D eigenvalue weighted by atomic mass is 10.1. The fourth-order valence-electron chi connectivity index (χ4n) is 2.81. The Morgan fingerprint density at radius 3 is 2.67 bits per heavy atom. The number of fused-ring (bicyclic) bond motifs is 1. The molecule has 1 amide bonds. The summed E-state index contributed by atoms with van der Waals surface area (Å²) >= 11 is 0. The molecule has 0 atom stereocenters. The van der Waals surface area contributed by atoms with Crippen molar-refractivity contribution in [3.63, 3.8) is 0 Å². The van der Waals surface area contributed by atoms with Crippen LogP contribution < -0.4 is 15.6 Å². The first-order valence-corrected chi connectivity index (χ1v) is 9.21. The standard InChI is InChI=1S/C20H24N4O3/c1-3-10-21-19(25)9-11-23-12-13-24-18(20(23)26)14-17(22-24)15-5-7-16(8-6-15)27-4-2/h5-8,12-14H,3-4,9-11H2,1-2H3,(H,21,25). The zero-order chi connectivity index (χ0) is 19.2. The first-order chi connectivity index (χ1) is 13.1. The first-order valence-electron chi connectivity index (χ1n) is 9.21. The van der Waals surface area contributed by atoms with E-state index in [1.807, 2.05) is 38.1 Å². The van der Waals surface area contributed by atoms with Crippen LogP contribution in [0.5, 0.6) is 5.75 Å². The summed E-state index contributed by atoms with van der Waals surface area (Å²) in [5.74, 6) is 0.751. The van der Waals surface area contributed by atoms with E-state index >= 15 is 0 Å². The van der Waals surface area contributed by atoms with Gasteiger partial charge in [0.25, 0.3) is 5.56 Å². The molecule has 0 aliphatic carbocycles. The van der Waals surface area contributed by atoms with Gasteiger partial charge in [0.05, 0.1) is 12.3 Å². The van der Waals surface area contributed by atoms with Crippen LogP contribution in [0.25, 0.3) is 16.8 Å². The Morgan fingerprint density at radius 2 is 1.96 bits per heavy atom. The van der Waals surface area contributed by atoms with Crippen molar-refractivity contribution in [2.45, 2.75) is 33.2 Å². The number of nitrogens with zero attached hydrogens (tertiary/aromatic N) is 3. The van der Waals surface area contributed by atoms with Gasteiger partial charge in [-0.2, -0.15) is 5.10 Å². The highest BCUT2D eigenvalue weighted by Crippen LogP contribution is 2.21. The maximum absolute atomic E-state index is 12.7. The fourth-order valence-corrected chi connectivity index (χ4v) is 2.81. The summed E-state index contributed by atoms with van der Waals surface area (Å²) in [6.07, 6.45) is 4.56. The van der Waals surface area contributed by atoms with Crippen LogP contribution in [0.15, 0.2) is 47.5 Å². The SMILES string of the molecule is CCCNC(=O)CCn1ccn2nc(-c3ccc(OCC)cc3)cc2c1=O. The Labute approximate surface area is 157 Å². The lowest BCUT2D eigenvalue weighted by Crippen LogP contribution is -2.28. The Balaban J connectivity index is 1.80. The summed E-state index contributed by atoms with van der Waals surface area (Å²) in [6.45, 7) is 5.55. The van der Waals surface area contributed by atoms with Gasteiger partial charge in [-0.3, -0.25) is 9.59 Å². The van der Waals surface area contributed by atoms with Crippen LogP contribution in [-0.2, 0) is 11.3 Å². The summed E-state index contributed by atoms with van der Waals surface area (Å²) in [5, 5.41) is 7.30.